The molecule has 0 aromatic heterocycles. The zero-order valence-electron chi connectivity index (χ0n) is 14.7. The number of nitro groups is 2. The highest BCUT2D eigenvalue weighted by Crippen LogP contribution is 2.35. The van der Waals surface area contributed by atoms with Crippen LogP contribution in [0.5, 0.6) is 11.5 Å². The first-order chi connectivity index (χ1) is 12.7. The lowest BCUT2D eigenvalue weighted by atomic mass is 10.1. The van der Waals surface area contributed by atoms with Gasteiger partial charge in [0, 0.05) is 21.1 Å². The van der Waals surface area contributed by atoms with Crippen LogP contribution in [0.3, 0.4) is 0 Å². The molecule has 0 atom stereocenters. The van der Waals surface area contributed by atoms with Crippen molar-refractivity contribution in [1.29, 1.82) is 0 Å². The van der Waals surface area contributed by atoms with Gasteiger partial charge in [0.25, 0.3) is 11.4 Å². The number of methoxy groups -OCH3 is 2. The van der Waals surface area contributed by atoms with Gasteiger partial charge in [-0.15, -0.1) is 0 Å². The van der Waals surface area contributed by atoms with Crippen molar-refractivity contribution < 1.29 is 19.3 Å². The smallest absolute Gasteiger partial charge is 0.297 e. The molecule has 0 saturated carbocycles. The fourth-order valence-electron chi connectivity index (χ4n) is 2.20. The van der Waals surface area contributed by atoms with Crippen LogP contribution < -0.4 is 15.2 Å². The fraction of sp³-hybridized carbons (Fsp3) is 0.250. The second-order valence-corrected chi connectivity index (χ2v) is 6.85. The zero-order chi connectivity index (χ0) is 20.7. The third-order valence-corrected chi connectivity index (χ3v) is 4.34. The molecule has 0 saturated heterocycles. The van der Waals surface area contributed by atoms with Crippen molar-refractivity contribution in [3.63, 3.8) is 0 Å². The van der Waals surface area contributed by atoms with E-state index in [4.69, 9.17) is 15.2 Å². The molecule has 0 fully saturated rings. The van der Waals surface area contributed by atoms with E-state index in [0.717, 1.165) is 0 Å². The molecule has 0 spiro atoms. The first-order valence-electron chi connectivity index (χ1n) is 7.44. The Morgan fingerprint density at radius 2 is 1.37 bits per heavy atom. The Hall–Kier alpha value is -2.40. The van der Waals surface area contributed by atoms with Crippen molar-refractivity contribution in [2.75, 3.05) is 20.0 Å². The highest BCUT2D eigenvalue weighted by Gasteiger charge is 2.18. The van der Waals surface area contributed by atoms with E-state index in [9.17, 15) is 20.2 Å². The summed E-state index contributed by atoms with van der Waals surface area (Å²) < 4.78 is 11.1. The summed E-state index contributed by atoms with van der Waals surface area (Å²) in [7, 11) is 2.91. The van der Waals surface area contributed by atoms with E-state index >= 15 is 0 Å². The SMILES string of the molecule is CCc1c(OC)cc(Br)cc1[N+](=O)[O-].COc1cc(Br)cc([N+](=O)[O-])c1N. The van der Waals surface area contributed by atoms with Gasteiger partial charge in [-0.3, -0.25) is 20.2 Å². The molecule has 0 unspecified atom stereocenters. The van der Waals surface area contributed by atoms with Gasteiger partial charge in [0.1, 0.15) is 11.5 Å². The number of nitrogens with zero attached hydrogens (tertiary/aromatic N) is 2. The number of hydrogen-bond donors (Lipinski definition) is 1. The van der Waals surface area contributed by atoms with Gasteiger partial charge in [0.05, 0.1) is 29.6 Å². The van der Waals surface area contributed by atoms with Crippen molar-refractivity contribution in [2.24, 2.45) is 0 Å². The molecule has 2 aromatic carbocycles. The minimum absolute atomic E-state index is 0.0377. The van der Waals surface area contributed by atoms with Crippen molar-refractivity contribution in [3.8, 4) is 11.5 Å². The number of rotatable bonds is 5. The Balaban J connectivity index is 0.000000271. The van der Waals surface area contributed by atoms with Gasteiger partial charge >= 0.3 is 0 Å². The highest BCUT2D eigenvalue weighted by molar-refractivity contribution is 9.10. The van der Waals surface area contributed by atoms with Gasteiger partial charge in [0.15, 0.2) is 5.69 Å². The summed E-state index contributed by atoms with van der Waals surface area (Å²) in [6.45, 7) is 1.86. The minimum atomic E-state index is -0.553. The van der Waals surface area contributed by atoms with Crippen LogP contribution in [0, 0.1) is 20.2 Å². The van der Waals surface area contributed by atoms with E-state index < -0.39 is 9.85 Å². The van der Waals surface area contributed by atoms with Crippen LogP contribution in [-0.4, -0.2) is 24.1 Å². The standard InChI is InChI=1S/C9H10BrNO3.C7H7BrN2O3/c1-3-7-8(11(12)13)4-6(10)5-9(7)14-2;1-13-6-3-4(8)2-5(7(6)9)10(11)12/h4-5H,3H2,1-2H3;2-3H,9H2,1H3. The molecule has 0 amide bonds. The average molecular weight is 507 g/mol. The van der Waals surface area contributed by atoms with E-state index in [2.05, 4.69) is 31.9 Å². The van der Waals surface area contributed by atoms with E-state index in [1.54, 1.807) is 12.1 Å². The molecule has 0 radical (unpaired) electrons. The number of halogens is 2. The van der Waals surface area contributed by atoms with Crippen LogP contribution in [0.1, 0.15) is 12.5 Å². The second-order valence-electron chi connectivity index (χ2n) is 5.01. The van der Waals surface area contributed by atoms with Crippen molar-refractivity contribution in [2.45, 2.75) is 13.3 Å². The molecule has 2 aromatic rings. The molecule has 9 nitrogen and oxygen atoms in total. The van der Waals surface area contributed by atoms with Crippen LogP contribution in [0.2, 0.25) is 0 Å². The molecule has 27 heavy (non-hydrogen) atoms. The number of ether oxygens (including phenoxy) is 2. The molecule has 146 valence electrons. The maximum atomic E-state index is 10.7. The topological polar surface area (TPSA) is 131 Å². The Morgan fingerprint density at radius 1 is 0.926 bits per heavy atom. The normalized spacial score (nSPS) is 9.81. The molecule has 0 aliphatic carbocycles. The van der Waals surface area contributed by atoms with Gasteiger partial charge in [0.2, 0.25) is 0 Å². The summed E-state index contributed by atoms with van der Waals surface area (Å²) in [5.74, 6) is 0.842. The third kappa shape index (κ3) is 5.79. The van der Waals surface area contributed by atoms with Crippen LogP contribution >= 0.6 is 31.9 Å². The summed E-state index contributed by atoms with van der Waals surface area (Å²) in [6, 6.07) is 6.12. The van der Waals surface area contributed by atoms with Gasteiger partial charge in [-0.05, 0) is 18.6 Å². The number of benzene rings is 2. The molecular formula is C16H17Br2N3O6. The Morgan fingerprint density at radius 3 is 1.78 bits per heavy atom. The van der Waals surface area contributed by atoms with Crippen LogP contribution in [-0.2, 0) is 6.42 Å². The third-order valence-electron chi connectivity index (χ3n) is 3.42. The first kappa shape index (κ1) is 22.6. The number of nitrogen functional groups attached to an aromatic ring is 1. The molecule has 0 aliphatic rings. The van der Waals surface area contributed by atoms with Crippen LogP contribution in [0.25, 0.3) is 0 Å². The summed E-state index contributed by atoms with van der Waals surface area (Å²) in [5, 5.41) is 21.2. The lowest BCUT2D eigenvalue weighted by Crippen LogP contribution is -1.98. The fourth-order valence-corrected chi connectivity index (χ4v) is 3.05. The lowest BCUT2D eigenvalue weighted by molar-refractivity contribution is -0.385. The summed E-state index contributed by atoms with van der Waals surface area (Å²) in [4.78, 5) is 20.3. The van der Waals surface area contributed by atoms with Crippen LogP contribution in [0.15, 0.2) is 33.2 Å². The van der Waals surface area contributed by atoms with Crippen molar-refractivity contribution >= 4 is 48.9 Å². The maximum absolute atomic E-state index is 10.7. The predicted octanol–water partition coefficient (Wildman–Crippen LogP) is 4.88. The number of nitrogens with two attached hydrogens (primary N) is 1. The van der Waals surface area contributed by atoms with Crippen molar-refractivity contribution in [1.82, 2.24) is 0 Å². The molecule has 0 bridgehead atoms. The largest absolute Gasteiger partial charge is 0.496 e. The predicted molar refractivity (Wildman–Crippen MR) is 108 cm³/mol. The number of nitro benzene ring substituents is 2. The van der Waals surface area contributed by atoms with E-state index in [-0.39, 0.29) is 17.1 Å². The Kier molecular flexibility index (Phi) is 8.44. The molecule has 2 N–H and O–H groups in total. The van der Waals surface area contributed by atoms with Gasteiger partial charge in [-0.2, -0.15) is 0 Å². The number of anilines is 1. The Bertz CT molecular complexity index is 861. The molecule has 2 rings (SSSR count). The first-order valence-corrected chi connectivity index (χ1v) is 9.02. The summed E-state index contributed by atoms with van der Waals surface area (Å²) in [5.41, 5.74) is 6.07. The average Bonchev–Trinajstić information content (AvgIpc) is 2.62. The monoisotopic (exact) mass is 505 g/mol. The van der Waals surface area contributed by atoms with Crippen LogP contribution in [0.4, 0.5) is 17.1 Å². The molecule has 0 aliphatic heterocycles. The molecule has 11 heteroatoms. The highest BCUT2D eigenvalue weighted by atomic mass is 79.9. The quantitative estimate of drug-likeness (QED) is 0.347. The minimum Gasteiger partial charge on any atom is -0.496 e. The summed E-state index contributed by atoms with van der Waals surface area (Å²) >= 11 is 6.32. The van der Waals surface area contributed by atoms with Gasteiger partial charge < -0.3 is 15.2 Å². The second kappa shape index (κ2) is 10.1. The van der Waals surface area contributed by atoms with Crippen molar-refractivity contribution in [3.05, 3.63) is 59.0 Å². The lowest BCUT2D eigenvalue weighted by Gasteiger charge is -2.07. The van der Waals surface area contributed by atoms with Gasteiger partial charge in [-0.1, -0.05) is 38.8 Å². The maximum Gasteiger partial charge on any atom is 0.297 e. The van der Waals surface area contributed by atoms with E-state index in [0.29, 0.717) is 32.4 Å². The van der Waals surface area contributed by atoms with Gasteiger partial charge in [-0.25, -0.2) is 0 Å². The zero-order valence-corrected chi connectivity index (χ0v) is 17.9. The number of hydrogen-bond acceptors (Lipinski definition) is 7. The van der Waals surface area contributed by atoms with E-state index in [1.165, 1.54) is 26.4 Å². The Labute approximate surface area is 172 Å². The molecule has 0 heterocycles. The van der Waals surface area contributed by atoms with E-state index in [1.807, 2.05) is 6.92 Å². The molecular weight excluding hydrogens is 490 g/mol. The summed E-state index contributed by atoms with van der Waals surface area (Å²) in [6.07, 6.45) is 0.576.